The first-order valence-electron chi connectivity index (χ1n) is 9.36. The molecule has 0 saturated carbocycles. The van der Waals surface area contributed by atoms with Crippen molar-refractivity contribution in [3.63, 3.8) is 0 Å². The van der Waals surface area contributed by atoms with Gasteiger partial charge in [0.15, 0.2) is 0 Å². The average Bonchev–Trinajstić information content (AvgIpc) is 2.60. The van der Waals surface area contributed by atoms with Crippen LogP contribution in [0.2, 0.25) is 0 Å². The van der Waals surface area contributed by atoms with Gasteiger partial charge in [-0.05, 0) is 32.3 Å². The highest BCUT2D eigenvalue weighted by molar-refractivity contribution is 5.86. The van der Waals surface area contributed by atoms with Crippen molar-refractivity contribution in [1.29, 1.82) is 0 Å². The average molecular weight is 401 g/mol. The van der Waals surface area contributed by atoms with Crippen molar-refractivity contribution < 1.29 is 19.4 Å². The molecule has 2 aromatic rings. The zero-order valence-corrected chi connectivity index (χ0v) is 17.3. The maximum absolute atomic E-state index is 12.9. The minimum atomic E-state index is -1.35. The molecule has 1 atom stereocenters. The largest absolute Gasteiger partial charge is 0.477 e. The highest BCUT2D eigenvalue weighted by Gasteiger charge is 2.27. The Morgan fingerprint density at radius 3 is 2.34 bits per heavy atom. The first-order chi connectivity index (χ1) is 13.5. The van der Waals surface area contributed by atoms with Crippen molar-refractivity contribution in [2.75, 3.05) is 0 Å². The van der Waals surface area contributed by atoms with Gasteiger partial charge in [0, 0.05) is 6.20 Å². The molecule has 2 rings (SSSR count). The molecule has 1 amide bonds. The highest BCUT2D eigenvalue weighted by Crippen LogP contribution is 2.21. The number of carbonyl (C=O) groups is 2. The molecule has 2 N–H and O–H groups in total. The van der Waals surface area contributed by atoms with E-state index in [1.165, 1.54) is 4.57 Å². The number of hydrogen-bond acceptors (Lipinski definition) is 5. The van der Waals surface area contributed by atoms with Crippen LogP contribution in [0, 0.1) is 5.92 Å². The van der Waals surface area contributed by atoms with Gasteiger partial charge >= 0.3 is 12.1 Å². The normalized spacial score (nSPS) is 12.5. The third-order valence-corrected chi connectivity index (χ3v) is 4.11. The molecule has 0 aliphatic heterocycles. The standard InChI is InChI=1S/C21H27N3O5/c1-13(2)16(23-20(28)29-21(3,4)5)17-22-11-15(19(26)27)18(25)24(17)12-14-9-7-6-8-10-14/h6-11,13,16H,12H2,1-5H3,(H,23,28)(H,26,27). The van der Waals surface area contributed by atoms with Crippen LogP contribution in [0.5, 0.6) is 0 Å². The fraction of sp³-hybridized carbons (Fsp3) is 0.429. The number of carboxylic acid groups (broad SMARTS) is 1. The lowest BCUT2D eigenvalue weighted by Gasteiger charge is -2.27. The monoisotopic (exact) mass is 401 g/mol. The molecule has 156 valence electrons. The van der Waals surface area contributed by atoms with Crippen LogP contribution in [0.25, 0.3) is 0 Å². The number of hydrogen-bond donors (Lipinski definition) is 2. The van der Waals surface area contributed by atoms with Crippen LogP contribution in [0.15, 0.2) is 41.3 Å². The minimum absolute atomic E-state index is 0.127. The van der Waals surface area contributed by atoms with Gasteiger partial charge in [-0.2, -0.15) is 0 Å². The number of nitrogens with zero attached hydrogens (tertiary/aromatic N) is 2. The maximum Gasteiger partial charge on any atom is 0.408 e. The van der Waals surface area contributed by atoms with E-state index in [9.17, 15) is 19.5 Å². The molecule has 1 unspecified atom stereocenters. The third-order valence-electron chi connectivity index (χ3n) is 4.11. The molecular weight excluding hydrogens is 374 g/mol. The van der Waals surface area contributed by atoms with E-state index in [0.717, 1.165) is 11.8 Å². The Morgan fingerprint density at radius 2 is 1.83 bits per heavy atom. The quantitative estimate of drug-likeness (QED) is 0.769. The van der Waals surface area contributed by atoms with Crippen LogP contribution in [-0.4, -0.2) is 32.3 Å². The van der Waals surface area contributed by atoms with E-state index in [1.807, 2.05) is 44.2 Å². The topological polar surface area (TPSA) is 111 Å². The predicted molar refractivity (Wildman–Crippen MR) is 108 cm³/mol. The van der Waals surface area contributed by atoms with E-state index in [2.05, 4.69) is 10.3 Å². The van der Waals surface area contributed by atoms with E-state index in [-0.39, 0.29) is 18.3 Å². The number of amides is 1. The molecule has 1 heterocycles. The number of ether oxygens (including phenoxy) is 1. The van der Waals surface area contributed by atoms with Crippen LogP contribution < -0.4 is 10.9 Å². The second kappa shape index (κ2) is 8.89. The number of benzene rings is 1. The Bertz CT molecular complexity index is 930. The fourth-order valence-corrected chi connectivity index (χ4v) is 2.78. The molecule has 1 aromatic carbocycles. The van der Waals surface area contributed by atoms with Gasteiger partial charge in [-0.3, -0.25) is 9.36 Å². The lowest BCUT2D eigenvalue weighted by Crippen LogP contribution is -2.41. The molecule has 0 bridgehead atoms. The molecule has 8 nitrogen and oxygen atoms in total. The Hall–Kier alpha value is -3.16. The predicted octanol–water partition coefficient (Wildman–Crippen LogP) is 3.21. The number of alkyl carbamates (subject to hydrolysis) is 1. The summed E-state index contributed by atoms with van der Waals surface area (Å²) in [6.45, 7) is 9.12. The van der Waals surface area contributed by atoms with Gasteiger partial charge in [0.25, 0.3) is 5.56 Å². The maximum atomic E-state index is 12.9. The summed E-state index contributed by atoms with van der Waals surface area (Å²) in [5, 5.41) is 12.1. The highest BCUT2D eigenvalue weighted by atomic mass is 16.6. The molecule has 29 heavy (non-hydrogen) atoms. The summed E-state index contributed by atoms with van der Waals surface area (Å²) in [5.74, 6) is -1.21. The summed E-state index contributed by atoms with van der Waals surface area (Å²) in [4.78, 5) is 40.9. The Balaban J connectivity index is 2.52. The molecular formula is C21H27N3O5. The number of aromatic nitrogens is 2. The first-order valence-corrected chi connectivity index (χ1v) is 9.36. The summed E-state index contributed by atoms with van der Waals surface area (Å²) in [6.07, 6.45) is 0.396. The smallest absolute Gasteiger partial charge is 0.408 e. The zero-order chi connectivity index (χ0) is 21.8. The SMILES string of the molecule is CC(C)C(NC(=O)OC(C)(C)C)c1ncc(C(=O)O)c(=O)n1Cc1ccccc1. The molecule has 0 radical (unpaired) electrons. The molecule has 8 heteroatoms. The molecule has 0 fully saturated rings. The molecule has 0 saturated heterocycles. The van der Waals surface area contributed by atoms with Crippen LogP contribution in [0.3, 0.4) is 0 Å². The van der Waals surface area contributed by atoms with Crippen molar-refractivity contribution in [2.45, 2.75) is 52.8 Å². The molecule has 1 aromatic heterocycles. The summed E-state index contributed by atoms with van der Waals surface area (Å²) in [5.41, 5.74) is -0.983. The van der Waals surface area contributed by atoms with Gasteiger partial charge in [0.05, 0.1) is 12.6 Å². The van der Waals surface area contributed by atoms with E-state index >= 15 is 0 Å². The Kier molecular flexibility index (Phi) is 6.79. The van der Waals surface area contributed by atoms with Crippen molar-refractivity contribution in [1.82, 2.24) is 14.9 Å². The van der Waals surface area contributed by atoms with Crippen LogP contribution in [0.1, 0.15) is 62.4 Å². The third kappa shape index (κ3) is 5.91. The van der Waals surface area contributed by atoms with Crippen LogP contribution in [0.4, 0.5) is 4.79 Å². The second-order valence-corrected chi connectivity index (χ2v) is 8.08. The van der Waals surface area contributed by atoms with E-state index in [4.69, 9.17) is 4.74 Å². The Labute approximate surface area is 169 Å². The van der Waals surface area contributed by atoms with Gasteiger partial charge in [-0.1, -0.05) is 44.2 Å². The van der Waals surface area contributed by atoms with Crippen molar-refractivity contribution >= 4 is 12.1 Å². The molecule has 0 aliphatic rings. The van der Waals surface area contributed by atoms with Gasteiger partial charge in [0.2, 0.25) is 0 Å². The lowest BCUT2D eigenvalue weighted by atomic mass is 10.0. The van der Waals surface area contributed by atoms with Gasteiger partial charge in [0.1, 0.15) is 17.0 Å². The van der Waals surface area contributed by atoms with E-state index < -0.39 is 34.8 Å². The summed E-state index contributed by atoms with van der Waals surface area (Å²) < 4.78 is 6.62. The van der Waals surface area contributed by atoms with Gasteiger partial charge in [-0.25, -0.2) is 14.6 Å². The van der Waals surface area contributed by atoms with Gasteiger partial charge < -0.3 is 15.2 Å². The molecule has 0 spiro atoms. The van der Waals surface area contributed by atoms with Crippen molar-refractivity contribution in [3.05, 3.63) is 63.8 Å². The lowest BCUT2D eigenvalue weighted by molar-refractivity contribution is 0.0483. The minimum Gasteiger partial charge on any atom is -0.477 e. The summed E-state index contributed by atoms with van der Waals surface area (Å²) >= 11 is 0. The number of rotatable bonds is 6. The van der Waals surface area contributed by atoms with E-state index in [0.29, 0.717) is 0 Å². The van der Waals surface area contributed by atoms with Crippen molar-refractivity contribution in [3.8, 4) is 0 Å². The number of nitrogens with one attached hydrogen (secondary N) is 1. The van der Waals surface area contributed by atoms with Crippen LogP contribution in [-0.2, 0) is 11.3 Å². The second-order valence-electron chi connectivity index (χ2n) is 8.08. The zero-order valence-electron chi connectivity index (χ0n) is 17.3. The number of carbonyl (C=O) groups excluding carboxylic acids is 1. The summed E-state index contributed by atoms with van der Waals surface area (Å²) in [6, 6.07) is 8.51. The van der Waals surface area contributed by atoms with Crippen molar-refractivity contribution in [2.24, 2.45) is 5.92 Å². The molecule has 0 aliphatic carbocycles. The first kappa shape index (κ1) is 22.1. The summed E-state index contributed by atoms with van der Waals surface area (Å²) in [7, 11) is 0. The van der Waals surface area contributed by atoms with Gasteiger partial charge in [-0.15, -0.1) is 0 Å². The van der Waals surface area contributed by atoms with E-state index in [1.54, 1.807) is 20.8 Å². The number of aromatic carboxylic acids is 1. The Morgan fingerprint density at radius 1 is 1.21 bits per heavy atom. The number of carboxylic acids is 1. The van der Waals surface area contributed by atoms with Crippen LogP contribution >= 0.6 is 0 Å². The fourth-order valence-electron chi connectivity index (χ4n) is 2.78.